The number of benzene rings is 2. The van der Waals surface area contributed by atoms with Crippen LogP contribution >= 0.6 is 11.3 Å². The summed E-state index contributed by atoms with van der Waals surface area (Å²) in [5.74, 6) is 0.0100. The monoisotopic (exact) mass is 390 g/mol. The predicted octanol–water partition coefficient (Wildman–Crippen LogP) is 5.52. The summed E-state index contributed by atoms with van der Waals surface area (Å²) in [7, 11) is 0. The third-order valence-corrected chi connectivity index (χ3v) is 6.05. The van der Waals surface area contributed by atoms with E-state index in [0.29, 0.717) is 11.1 Å². The van der Waals surface area contributed by atoms with Crippen molar-refractivity contribution in [2.45, 2.75) is 25.7 Å². The maximum Gasteiger partial charge on any atom is 0.269 e. The lowest BCUT2D eigenvalue weighted by molar-refractivity contribution is -0.384. The minimum Gasteiger partial charge on any atom is -0.288 e. The van der Waals surface area contributed by atoms with Gasteiger partial charge in [0.2, 0.25) is 0 Å². The SMILES string of the molecule is O=C(c1ccccc1)c1c(/N=C/c2ccc([N+](=O)[O-])cc2)sc2c1CCCC2. The van der Waals surface area contributed by atoms with Gasteiger partial charge in [0.15, 0.2) is 5.78 Å². The van der Waals surface area contributed by atoms with Gasteiger partial charge in [-0.05, 0) is 48.9 Å². The average molecular weight is 390 g/mol. The van der Waals surface area contributed by atoms with Gasteiger partial charge in [-0.15, -0.1) is 11.3 Å². The number of nitro groups is 1. The van der Waals surface area contributed by atoms with Crippen LogP contribution in [0, 0.1) is 10.1 Å². The number of thiophene rings is 1. The van der Waals surface area contributed by atoms with E-state index < -0.39 is 4.92 Å². The number of hydrogen-bond donors (Lipinski definition) is 0. The van der Waals surface area contributed by atoms with Crippen LogP contribution in [-0.2, 0) is 12.8 Å². The second-order valence-electron chi connectivity index (χ2n) is 6.69. The van der Waals surface area contributed by atoms with Crippen LogP contribution in [0.1, 0.15) is 44.8 Å². The minimum atomic E-state index is -0.426. The Hall–Kier alpha value is -3.12. The molecule has 0 aliphatic heterocycles. The molecule has 0 N–H and O–H groups in total. The van der Waals surface area contributed by atoms with Crippen LogP contribution in [0.4, 0.5) is 10.7 Å². The molecule has 6 heteroatoms. The zero-order valence-electron chi connectivity index (χ0n) is 15.1. The van der Waals surface area contributed by atoms with Gasteiger partial charge in [-0.2, -0.15) is 0 Å². The normalized spacial score (nSPS) is 13.4. The first-order valence-electron chi connectivity index (χ1n) is 9.16. The number of nitrogens with zero attached hydrogens (tertiary/aromatic N) is 2. The molecular weight excluding hydrogens is 372 g/mol. The molecule has 1 aromatic heterocycles. The molecule has 0 saturated heterocycles. The van der Waals surface area contributed by atoms with Crippen molar-refractivity contribution in [2.75, 3.05) is 0 Å². The fraction of sp³-hybridized carbons (Fsp3) is 0.182. The van der Waals surface area contributed by atoms with Crippen molar-refractivity contribution in [3.05, 3.63) is 91.8 Å². The number of carbonyl (C=O) groups is 1. The van der Waals surface area contributed by atoms with E-state index in [1.807, 2.05) is 30.3 Å². The molecule has 4 rings (SSSR count). The molecule has 2 aromatic carbocycles. The fourth-order valence-corrected chi connectivity index (χ4v) is 4.66. The fourth-order valence-electron chi connectivity index (χ4n) is 3.43. The van der Waals surface area contributed by atoms with Gasteiger partial charge in [0.1, 0.15) is 5.00 Å². The molecule has 1 heterocycles. The molecule has 0 saturated carbocycles. The van der Waals surface area contributed by atoms with E-state index in [4.69, 9.17) is 0 Å². The Labute approximate surface area is 166 Å². The highest BCUT2D eigenvalue weighted by Crippen LogP contribution is 2.41. The number of carbonyl (C=O) groups excluding carboxylic acids is 1. The van der Waals surface area contributed by atoms with Gasteiger partial charge >= 0.3 is 0 Å². The number of aliphatic imine (C=N–C) groups is 1. The Bertz CT molecular complexity index is 1050. The average Bonchev–Trinajstić information content (AvgIpc) is 3.11. The number of nitro benzene ring substituents is 1. The second kappa shape index (κ2) is 7.86. The molecule has 0 bridgehead atoms. The van der Waals surface area contributed by atoms with Crippen LogP contribution in [0.15, 0.2) is 59.6 Å². The quantitative estimate of drug-likeness (QED) is 0.249. The molecular formula is C22H18N2O3S. The Morgan fingerprint density at radius 2 is 1.75 bits per heavy atom. The van der Waals surface area contributed by atoms with Crippen molar-refractivity contribution >= 4 is 34.0 Å². The van der Waals surface area contributed by atoms with Crippen molar-refractivity contribution in [1.29, 1.82) is 0 Å². The largest absolute Gasteiger partial charge is 0.288 e. The summed E-state index contributed by atoms with van der Waals surface area (Å²) in [5.41, 5.74) is 3.32. The second-order valence-corrected chi connectivity index (χ2v) is 7.78. The van der Waals surface area contributed by atoms with E-state index in [1.165, 1.54) is 17.0 Å². The third kappa shape index (κ3) is 3.64. The van der Waals surface area contributed by atoms with Crippen LogP contribution < -0.4 is 0 Å². The molecule has 0 unspecified atom stereocenters. The molecule has 3 aromatic rings. The standard InChI is InChI=1S/C22H18N2O3S/c25-21(16-6-2-1-3-7-16)20-18-8-4-5-9-19(18)28-22(20)23-14-15-10-12-17(13-11-15)24(26)27/h1-3,6-7,10-14H,4-5,8-9H2/b23-14+. The summed E-state index contributed by atoms with van der Waals surface area (Å²) < 4.78 is 0. The molecule has 0 atom stereocenters. The number of hydrogen-bond acceptors (Lipinski definition) is 5. The van der Waals surface area contributed by atoms with Gasteiger partial charge in [-0.1, -0.05) is 30.3 Å². The van der Waals surface area contributed by atoms with E-state index in [-0.39, 0.29) is 11.5 Å². The Balaban J connectivity index is 1.71. The van der Waals surface area contributed by atoms with Crippen LogP contribution in [-0.4, -0.2) is 16.9 Å². The van der Waals surface area contributed by atoms with Crippen LogP contribution in [0.2, 0.25) is 0 Å². The van der Waals surface area contributed by atoms with Crippen LogP contribution in [0.3, 0.4) is 0 Å². The molecule has 0 amide bonds. The highest BCUT2D eigenvalue weighted by Gasteiger charge is 2.25. The maximum atomic E-state index is 13.2. The summed E-state index contributed by atoms with van der Waals surface area (Å²) in [4.78, 5) is 29.4. The van der Waals surface area contributed by atoms with Crippen LogP contribution in [0.5, 0.6) is 0 Å². The van der Waals surface area contributed by atoms with E-state index in [0.717, 1.165) is 41.8 Å². The van der Waals surface area contributed by atoms with Gasteiger partial charge in [-0.3, -0.25) is 14.9 Å². The molecule has 0 fully saturated rings. The summed E-state index contributed by atoms with van der Waals surface area (Å²) in [6.45, 7) is 0. The lowest BCUT2D eigenvalue weighted by atomic mass is 9.92. The Morgan fingerprint density at radius 3 is 2.46 bits per heavy atom. The molecule has 140 valence electrons. The molecule has 1 aliphatic carbocycles. The van der Waals surface area contributed by atoms with Gasteiger partial charge < -0.3 is 0 Å². The zero-order valence-corrected chi connectivity index (χ0v) is 15.9. The summed E-state index contributed by atoms with van der Waals surface area (Å²) >= 11 is 1.59. The maximum absolute atomic E-state index is 13.2. The smallest absolute Gasteiger partial charge is 0.269 e. The summed E-state index contributed by atoms with van der Waals surface area (Å²) in [6.07, 6.45) is 5.79. The number of fused-ring (bicyclic) bond motifs is 1. The van der Waals surface area contributed by atoms with E-state index in [9.17, 15) is 14.9 Å². The predicted molar refractivity (Wildman–Crippen MR) is 111 cm³/mol. The number of aryl methyl sites for hydroxylation is 1. The highest BCUT2D eigenvalue weighted by molar-refractivity contribution is 7.16. The van der Waals surface area contributed by atoms with E-state index in [1.54, 1.807) is 29.7 Å². The van der Waals surface area contributed by atoms with Gasteiger partial charge in [0.05, 0.1) is 10.5 Å². The highest BCUT2D eigenvalue weighted by atomic mass is 32.1. The Morgan fingerprint density at radius 1 is 1.04 bits per heavy atom. The zero-order chi connectivity index (χ0) is 19.5. The topological polar surface area (TPSA) is 72.6 Å². The molecule has 28 heavy (non-hydrogen) atoms. The van der Waals surface area contributed by atoms with Crippen molar-refractivity contribution < 1.29 is 9.72 Å². The molecule has 0 spiro atoms. The van der Waals surface area contributed by atoms with Crippen molar-refractivity contribution in [2.24, 2.45) is 4.99 Å². The van der Waals surface area contributed by atoms with Gasteiger partial charge in [0, 0.05) is 28.8 Å². The molecule has 0 radical (unpaired) electrons. The lowest BCUT2D eigenvalue weighted by Gasteiger charge is -2.12. The molecule has 1 aliphatic rings. The first-order chi connectivity index (χ1) is 13.6. The first kappa shape index (κ1) is 18.3. The number of ketones is 1. The van der Waals surface area contributed by atoms with Crippen molar-refractivity contribution in [3.63, 3.8) is 0 Å². The lowest BCUT2D eigenvalue weighted by Crippen LogP contribution is -2.07. The number of non-ortho nitro benzene ring substituents is 1. The van der Waals surface area contributed by atoms with Crippen molar-refractivity contribution in [3.8, 4) is 0 Å². The van der Waals surface area contributed by atoms with Crippen LogP contribution in [0.25, 0.3) is 0 Å². The molecule has 5 nitrogen and oxygen atoms in total. The minimum absolute atomic E-state index is 0.0100. The van der Waals surface area contributed by atoms with Gasteiger partial charge in [-0.25, -0.2) is 4.99 Å². The van der Waals surface area contributed by atoms with Crippen molar-refractivity contribution in [1.82, 2.24) is 0 Å². The van der Waals surface area contributed by atoms with Gasteiger partial charge in [0.25, 0.3) is 5.69 Å². The first-order valence-corrected chi connectivity index (χ1v) is 9.98. The number of rotatable bonds is 5. The van der Waals surface area contributed by atoms with E-state index in [2.05, 4.69) is 4.99 Å². The third-order valence-electron chi connectivity index (χ3n) is 4.85. The summed E-state index contributed by atoms with van der Waals surface area (Å²) in [6, 6.07) is 15.5. The summed E-state index contributed by atoms with van der Waals surface area (Å²) in [5, 5.41) is 11.5. The Kier molecular flexibility index (Phi) is 5.12. The van der Waals surface area contributed by atoms with E-state index >= 15 is 0 Å².